The molecular weight excluding hydrogens is 296 g/mol. The second-order valence-corrected chi connectivity index (χ2v) is 4.90. The molecule has 0 saturated heterocycles. The number of phenolic OH excluding ortho intramolecular Hbond substituents is 1. The Labute approximate surface area is 131 Å². The van der Waals surface area contributed by atoms with E-state index in [1.165, 1.54) is 30.3 Å². The molecule has 114 valence electrons. The fourth-order valence-electron chi connectivity index (χ4n) is 2.30. The van der Waals surface area contributed by atoms with Gasteiger partial charge in [0, 0.05) is 0 Å². The third kappa shape index (κ3) is 2.85. The summed E-state index contributed by atoms with van der Waals surface area (Å²) in [5, 5.41) is 20.2. The van der Waals surface area contributed by atoms with E-state index in [0.29, 0.717) is 5.39 Å². The maximum atomic E-state index is 12.4. The molecule has 2 N–H and O–H groups in total. The lowest BCUT2D eigenvalue weighted by Gasteiger charge is -2.09. The van der Waals surface area contributed by atoms with Crippen molar-refractivity contribution in [3.63, 3.8) is 0 Å². The molecule has 3 aromatic rings. The van der Waals surface area contributed by atoms with Crippen LogP contribution in [0.4, 0.5) is 0 Å². The monoisotopic (exact) mass is 308 g/mol. The Hall–Kier alpha value is -3.34. The van der Waals surface area contributed by atoms with Gasteiger partial charge in [-0.1, -0.05) is 30.3 Å². The van der Waals surface area contributed by atoms with E-state index in [0.717, 1.165) is 5.39 Å². The largest absolute Gasteiger partial charge is 0.507 e. The average molecular weight is 308 g/mol. The van der Waals surface area contributed by atoms with Crippen LogP contribution in [0.1, 0.15) is 20.7 Å². The molecule has 3 aromatic carbocycles. The molecule has 0 aliphatic carbocycles. The van der Waals surface area contributed by atoms with Gasteiger partial charge in [-0.15, -0.1) is 0 Å². The summed E-state index contributed by atoms with van der Waals surface area (Å²) in [6, 6.07) is 15.8. The first kappa shape index (κ1) is 14.6. The molecule has 0 unspecified atom stereocenters. The minimum Gasteiger partial charge on any atom is -0.507 e. The predicted octanol–water partition coefficient (Wildman–Crippen LogP) is 3.46. The van der Waals surface area contributed by atoms with Gasteiger partial charge in [0.1, 0.15) is 17.1 Å². The summed E-state index contributed by atoms with van der Waals surface area (Å²) >= 11 is 0. The number of fused-ring (bicyclic) bond motifs is 1. The molecule has 0 spiro atoms. The van der Waals surface area contributed by atoms with E-state index in [4.69, 9.17) is 9.84 Å². The molecule has 5 nitrogen and oxygen atoms in total. The summed E-state index contributed by atoms with van der Waals surface area (Å²) in [5.41, 5.74) is 0.170. The molecule has 0 atom stereocenters. The van der Waals surface area contributed by atoms with Crippen molar-refractivity contribution in [2.45, 2.75) is 0 Å². The number of aromatic carboxylic acids is 1. The van der Waals surface area contributed by atoms with E-state index in [9.17, 15) is 14.7 Å². The van der Waals surface area contributed by atoms with E-state index in [1.54, 1.807) is 18.2 Å². The van der Waals surface area contributed by atoms with Crippen molar-refractivity contribution in [2.24, 2.45) is 0 Å². The lowest BCUT2D eigenvalue weighted by Crippen LogP contribution is -2.09. The highest BCUT2D eigenvalue weighted by atomic mass is 16.5. The number of phenols is 1. The molecule has 0 amide bonds. The minimum atomic E-state index is -1.06. The van der Waals surface area contributed by atoms with Crippen LogP contribution in [-0.2, 0) is 0 Å². The molecule has 0 bridgehead atoms. The van der Waals surface area contributed by atoms with Gasteiger partial charge >= 0.3 is 11.9 Å². The number of carboxylic acids is 1. The van der Waals surface area contributed by atoms with E-state index in [2.05, 4.69) is 0 Å². The quantitative estimate of drug-likeness (QED) is 0.572. The van der Waals surface area contributed by atoms with Crippen LogP contribution in [0.2, 0.25) is 0 Å². The third-order valence-electron chi connectivity index (χ3n) is 3.42. The first-order chi connectivity index (χ1) is 11.1. The van der Waals surface area contributed by atoms with Crippen molar-refractivity contribution in [1.29, 1.82) is 0 Å². The number of rotatable bonds is 3. The fourth-order valence-corrected chi connectivity index (χ4v) is 2.30. The van der Waals surface area contributed by atoms with Crippen LogP contribution in [-0.4, -0.2) is 22.2 Å². The zero-order valence-corrected chi connectivity index (χ0v) is 11.9. The maximum Gasteiger partial charge on any atom is 0.347 e. The Morgan fingerprint density at radius 1 is 0.870 bits per heavy atom. The first-order valence-electron chi connectivity index (χ1n) is 6.82. The van der Waals surface area contributed by atoms with Crippen LogP contribution in [0.3, 0.4) is 0 Å². The van der Waals surface area contributed by atoms with E-state index >= 15 is 0 Å². The number of hydrogen-bond acceptors (Lipinski definition) is 4. The van der Waals surface area contributed by atoms with Crippen molar-refractivity contribution in [1.82, 2.24) is 0 Å². The summed E-state index contributed by atoms with van der Waals surface area (Å²) in [6.45, 7) is 0. The van der Waals surface area contributed by atoms with Gasteiger partial charge in [0.25, 0.3) is 0 Å². The minimum absolute atomic E-state index is 0.0745. The van der Waals surface area contributed by atoms with Crippen molar-refractivity contribution in [3.8, 4) is 11.5 Å². The SMILES string of the molecule is O=C(O)c1ccc(OC(=O)c2c(O)ccc3ccccc23)cc1. The van der Waals surface area contributed by atoms with Crippen LogP contribution in [0, 0.1) is 0 Å². The summed E-state index contributed by atoms with van der Waals surface area (Å²) in [5.74, 6) is -1.74. The Kier molecular flexibility index (Phi) is 3.68. The number of carbonyl (C=O) groups is 2. The summed E-state index contributed by atoms with van der Waals surface area (Å²) in [4.78, 5) is 23.2. The Morgan fingerprint density at radius 3 is 2.26 bits per heavy atom. The highest BCUT2D eigenvalue weighted by Gasteiger charge is 2.17. The van der Waals surface area contributed by atoms with Crippen LogP contribution < -0.4 is 4.74 Å². The number of aromatic hydroxyl groups is 1. The third-order valence-corrected chi connectivity index (χ3v) is 3.42. The van der Waals surface area contributed by atoms with E-state index < -0.39 is 11.9 Å². The van der Waals surface area contributed by atoms with Gasteiger partial charge in [-0.05, 0) is 41.1 Å². The molecule has 0 saturated carbocycles. The second-order valence-electron chi connectivity index (χ2n) is 4.90. The summed E-state index contributed by atoms with van der Waals surface area (Å²) in [6.07, 6.45) is 0. The number of ether oxygens (including phenoxy) is 1. The first-order valence-corrected chi connectivity index (χ1v) is 6.82. The molecular formula is C18H12O5. The lowest BCUT2D eigenvalue weighted by molar-refractivity contribution is 0.0696. The lowest BCUT2D eigenvalue weighted by atomic mass is 10.0. The highest BCUT2D eigenvalue weighted by molar-refractivity contribution is 6.07. The van der Waals surface area contributed by atoms with Crippen molar-refractivity contribution in [2.75, 3.05) is 0 Å². The van der Waals surface area contributed by atoms with E-state index in [1.807, 2.05) is 12.1 Å². The molecule has 0 heterocycles. The normalized spacial score (nSPS) is 10.4. The number of esters is 1. The molecule has 0 radical (unpaired) electrons. The topological polar surface area (TPSA) is 83.8 Å². The number of hydrogen-bond donors (Lipinski definition) is 2. The molecule has 23 heavy (non-hydrogen) atoms. The molecule has 0 fully saturated rings. The van der Waals surface area contributed by atoms with Crippen molar-refractivity contribution < 1.29 is 24.5 Å². The van der Waals surface area contributed by atoms with Gasteiger partial charge in [-0.2, -0.15) is 0 Å². The zero-order chi connectivity index (χ0) is 16.4. The van der Waals surface area contributed by atoms with Crippen LogP contribution in [0.5, 0.6) is 11.5 Å². The predicted molar refractivity (Wildman–Crippen MR) is 84.0 cm³/mol. The standard InChI is InChI=1S/C18H12O5/c19-15-10-7-11-3-1-2-4-14(11)16(15)18(22)23-13-8-5-12(6-9-13)17(20)21/h1-10,19H,(H,20,21). The molecule has 3 rings (SSSR count). The van der Waals surface area contributed by atoms with Crippen molar-refractivity contribution in [3.05, 3.63) is 71.8 Å². The number of carboxylic acid groups (broad SMARTS) is 1. The van der Waals surface area contributed by atoms with Gasteiger partial charge < -0.3 is 14.9 Å². The molecule has 5 heteroatoms. The smallest absolute Gasteiger partial charge is 0.347 e. The van der Waals surface area contributed by atoms with Gasteiger partial charge in [0.15, 0.2) is 0 Å². The maximum absolute atomic E-state index is 12.4. The van der Waals surface area contributed by atoms with Crippen LogP contribution in [0.15, 0.2) is 60.7 Å². The van der Waals surface area contributed by atoms with Crippen LogP contribution >= 0.6 is 0 Å². The second kappa shape index (κ2) is 5.81. The Morgan fingerprint density at radius 2 is 1.57 bits per heavy atom. The molecule has 0 aliphatic heterocycles. The molecule has 0 aromatic heterocycles. The zero-order valence-electron chi connectivity index (χ0n) is 11.9. The number of benzene rings is 3. The van der Waals surface area contributed by atoms with Gasteiger partial charge in [-0.3, -0.25) is 0 Å². The average Bonchev–Trinajstić information content (AvgIpc) is 2.55. The summed E-state index contributed by atoms with van der Waals surface area (Å²) in [7, 11) is 0. The highest BCUT2D eigenvalue weighted by Crippen LogP contribution is 2.28. The van der Waals surface area contributed by atoms with E-state index in [-0.39, 0.29) is 22.6 Å². The fraction of sp³-hybridized carbons (Fsp3) is 0. The van der Waals surface area contributed by atoms with Gasteiger partial charge in [-0.25, -0.2) is 9.59 Å². The Bertz CT molecular complexity index is 897. The summed E-state index contributed by atoms with van der Waals surface area (Å²) < 4.78 is 5.23. The Balaban J connectivity index is 1.94. The van der Waals surface area contributed by atoms with Crippen LogP contribution in [0.25, 0.3) is 10.8 Å². The number of carbonyl (C=O) groups excluding carboxylic acids is 1. The van der Waals surface area contributed by atoms with Crippen molar-refractivity contribution >= 4 is 22.7 Å². The molecule has 0 aliphatic rings. The van der Waals surface area contributed by atoms with Gasteiger partial charge in [0.05, 0.1) is 5.56 Å². The van der Waals surface area contributed by atoms with Gasteiger partial charge in [0.2, 0.25) is 0 Å².